The number of nitrogens with two attached hydrogens (primary N) is 1. The molecule has 18 heavy (non-hydrogen) atoms. The van der Waals surface area contributed by atoms with Crippen LogP contribution in [0.15, 0.2) is 17.2 Å². The highest BCUT2D eigenvalue weighted by atomic mass is 35.5. The molecule has 0 saturated carbocycles. The van der Waals surface area contributed by atoms with Crippen molar-refractivity contribution in [1.82, 2.24) is 5.43 Å². The molecule has 3 nitrogen and oxygen atoms in total. The SMILES string of the molecule is NC(=S)NN=Cc1cc(Cl)c(F)c(C(F)(F)F)c1. The summed E-state index contributed by atoms with van der Waals surface area (Å²) in [6.45, 7) is 0. The van der Waals surface area contributed by atoms with Crippen LogP contribution in [-0.4, -0.2) is 11.3 Å². The molecule has 0 heterocycles. The van der Waals surface area contributed by atoms with Crippen LogP contribution in [0, 0.1) is 5.82 Å². The zero-order chi connectivity index (χ0) is 13.9. The second-order valence-electron chi connectivity index (χ2n) is 3.10. The molecule has 1 rings (SSSR count). The lowest BCUT2D eigenvalue weighted by Crippen LogP contribution is -2.24. The van der Waals surface area contributed by atoms with Crippen LogP contribution >= 0.6 is 23.8 Å². The van der Waals surface area contributed by atoms with E-state index in [1.165, 1.54) is 0 Å². The molecule has 0 aliphatic carbocycles. The lowest BCUT2D eigenvalue weighted by Gasteiger charge is -2.09. The number of alkyl halides is 3. The van der Waals surface area contributed by atoms with Gasteiger partial charge in [0.25, 0.3) is 0 Å². The Kier molecular flexibility index (Phi) is 4.47. The summed E-state index contributed by atoms with van der Waals surface area (Å²) in [5, 5.41) is 2.64. The van der Waals surface area contributed by atoms with Crippen molar-refractivity contribution in [2.75, 3.05) is 0 Å². The molecule has 9 heteroatoms. The molecule has 0 radical (unpaired) electrons. The van der Waals surface area contributed by atoms with E-state index in [-0.39, 0.29) is 10.7 Å². The van der Waals surface area contributed by atoms with Gasteiger partial charge in [0.15, 0.2) is 10.9 Å². The van der Waals surface area contributed by atoms with E-state index in [1.54, 1.807) is 0 Å². The van der Waals surface area contributed by atoms with Crippen molar-refractivity contribution in [3.63, 3.8) is 0 Å². The predicted octanol–water partition coefficient (Wildman–Crippen LogP) is 2.67. The van der Waals surface area contributed by atoms with Crippen molar-refractivity contribution in [3.05, 3.63) is 34.1 Å². The van der Waals surface area contributed by atoms with E-state index < -0.39 is 22.6 Å². The number of benzene rings is 1. The fraction of sp³-hybridized carbons (Fsp3) is 0.111. The van der Waals surface area contributed by atoms with E-state index in [9.17, 15) is 17.6 Å². The first-order chi connectivity index (χ1) is 8.21. The van der Waals surface area contributed by atoms with Crippen molar-refractivity contribution in [2.24, 2.45) is 10.8 Å². The maximum absolute atomic E-state index is 13.2. The molecule has 0 amide bonds. The van der Waals surface area contributed by atoms with Gasteiger partial charge in [-0.05, 0) is 29.9 Å². The molecule has 0 atom stereocenters. The average Bonchev–Trinajstić information content (AvgIpc) is 2.20. The van der Waals surface area contributed by atoms with Gasteiger partial charge in [-0.15, -0.1) is 0 Å². The predicted molar refractivity (Wildman–Crippen MR) is 63.9 cm³/mol. The number of hydrogen-bond donors (Lipinski definition) is 2. The molecule has 98 valence electrons. The summed E-state index contributed by atoms with van der Waals surface area (Å²) in [6.07, 6.45) is -3.85. The quantitative estimate of drug-likeness (QED) is 0.382. The van der Waals surface area contributed by atoms with Crippen molar-refractivity contribution in [3.8, 4) is 0 Å². The summed E-state index contributed by atoms with van der Waals surface area (Å²) in [4.78, 5) is 0. The molecular weight excluding hydrogens is 294 g/mol. The van der Waals surface area contributed by atoms with Gasteiger partial charge in [-0.3, -0.25) is 5.43 Å². The van der Waals surface area contributed by atoms with E-state index in [1.807, 2.05) is 0 Å². The molecular formula is C9H6ClF4N3S. The first kappa shape index (κ1) is 14.7. The molecule has 3 N–H and O–H groups in total. The van der Waals surface area contributed by atoms with Crippen LogP contribution in [0.3, 0.4) is 0 Å². The Morgan fingerprint density at radius 2 is 2.06 bits per heavy atom. The summed E-state index contributed by atoms with van der Waals surface area (Å²) in [7, 11) is 0. The number of hydrogen-bond acceptors (Lipinski definition) is 2. The van der Waals surface area contributed by atoms with Gasteiger partial charge in [-0.25, -0.2) is 4.39 Å². The minimum absolute atomic E-state index is 0.0440. The zero-order valence-corrected chi connectivity index (χ0v) is 10.1. The largest absolute Gasteiger partial charge is 0.419 e. The third kappa shape index (κ3) is 3.81. The smallest absolute Gasteiger partial charge is 0.375 e. The highest BCUT2D eigenvalue weighted by Gasteiger charge is 2.35. The maximum atomic E-state index is 13.2. The van der Waals surface area contributed by atoms with E-state index in [2.05, 4.69) is 22.7 Å². The van der Waals surface area contributed by atoms with Crippen molar-refractivity contribution < 1.29 is 17.6 Å². The van der Waals surface area contributed by atoms with E-state index in [0.717, 1.165) is 12.3 Å². The van der Waals surface area contributed by atoms with Crippen LogP contribution < -0.4 is 11.2 Å². The zero-order valence-electron chi connectivity index (χ0n) is 8.55. The van der Waals surface area contributed by atoms with Crippen molar-refractivity contribution >= 4 is 35.1 Å². The lowest BCUT2D eigenvalue weighted by atomic mass is 10.1. The first-order valence-corrected chi connectivity index (χ1v) is 5.15. The van der Waals surface area contributed by atoms with Gasteiger partial charge in [0, 0.05) is 0 Å². The summed E-state index contributed by atoms with van der Waals surface area (Å²) >= 11 is 9.79. The topological polar surface area (TPSA) is 50.4 Å². The van der Waals surface area contributed by atoms with Crippen molar-refractivity contribution in [2.45, 2.75) is 6.18 Å². The second kappa shape index (κ2) is 5.49. The van der Waals surface area contributed by atoms with Gasteiger partial charge in [-0.2, -0.15) is 18.3 Å². The van der Waals surface area contributed by atoms with E-state index in [0.29, 0.717) is 6.07 Å². The first-order valence-electron chi connectivity index (χ1n) is 4.36. The number of nitrogens with zero attached hydrogens (tertiary/aromatic N) is 1. The summed E-state index contributed by atoms with van der Waals surface area (Å²) in [6, 6.07) is 1.57. The molecule has 0 unspecified atom stereocenters. The van der Waals surface area contributed by atoms with Crippen LogP contribution in [0.2, 0.25) is 5.02 Å². The molecule has 1 aromatic rings. The van der Waals surface area contributed by atoms with Crippen LogP contribution in [-0.2, 0) is 6.18 Å². The van der Waals surface area contributed by atoms with Crippen LogP contribution in [0.25, 0.3) is 0 Å². The summed E-state index contributed by atoms with van der Waals surface area (Å²) in [5.41, 5.74) is 5.69. The van der Waals surface area contributed by atoms with Gasteiger partial charge in [-0.1, -0.05) is 11.6 Å². The highest BCUT2D eigenvalue weighted by molar-refractivity contribution is 7.80. The third-order valence-corrected chi connectivity index (χ3v) is 2.11. The Morgan fingerprint density at radius 1 is 1.44 bits per heavy atom. The Morgan fingerprint density at radius 3 is 2.56 bits per heavy atom. The Labute approximate surface area is 110 Å². The molecule has 0 bridgehead atoms. The molecule has 0 saturated heterocycles. The minimum Gasteiger partial charge on any atom is -0.375 e. The molecule has 0 spiro atoms. The van der Waals surface area contributed by atoms with Crippen LogP contribution in [0.4, 0.5) is 17.6 Å². The normalized spacial score (nSPS) is 11.8. The average molecular weight is 300 g/mol. The fourth-order valence-corrected chi connectivity index (χ4v) is 1.34. The Balaban J connectivity index is 3.13. The molecule has 1 aromatic carbocycles. The summed E-state index contributed by atoms with van der Waals surface area (Å²) < 4.78 is 50.6. The van der Waals surface area contributed by atoms with Crippen LogP contribution in [0.5, 0.6) is 0 Å². The number of hydrazone groups is 1. The van der Waals surface area contributed by atoms with Gasteiger partial charge in [0.2, 0.25) is 0 Å². The van der Waals surface area contributed by atoms with E-state index >= 15 is 0 Å². The second-order valence-corrected chi connectivity index (χ2v) is 3.94. The van der Waals surface area contributed by atoms with Crippen molar-refractivity contribution in [1.29, 1.82) is 0 Å². The third-order valence-electron chi connectivity index (χ3n) is 1.74. The standard InChI is InChI=1S/C9H6ClF4N3S/c10-6-2-4(3-16-17-8(15)18)1-5(7(6)11)9(12,13)14/h1-3H,(H3,15,17,18). The van der Waals surface area contributed by atoms with Gasteiger partial charge < -0.3 is 5.73 Å². The van der Waals surface area contributed by atoms with E-state index in [4.69, 9.17) is 17.3 Å². The summed E-state index contributed by atoms with van der Waals surface area (Å²) in [5.74, 6) is -1.52. The number of thiocarbonyl (C=S) groups is 1. The van der Waals surface area contributed by atoms with Gasteiger partial charge >= 0.3 is 6.18 Å². The number of nitrogens with one attached hydrogen (secondary N) is 1. The Hall–Kier alpha value is -1.41. The molecule has 0 aliphatic heterocycles. The van der Waals surface area contributed by atoms with Crippen LogP contribution in [0.1, 0.15) is 11.1 Å². The monoisotopic (exact) mass is 299 g/mol. The maximum Gasteiger partial charge on any atom is 0.419 e. The fourth-order valence-electron chi connectivity index (χ4n) is 1.06. The lowest BCUT2D eigenvalue weighted by molar-refractivity contribution is -0.140. The molecule has 0 fully saturated rings. The number of rotatable bonds is 2. The number of halogens is 5. The molecule has 0 aromatic heterocycles. The van der Waals surface area contributed by atoms with Gasteiger partial charge in [0.05, 0.1) is 16.8 Å². The Bertz CT molecular complexity index is 501. The van der Waals surface area contributed by atoms with Gasteiger partial charge in [0.1, 0.15) is 0 Å². The minimum atomic E-state index is -4.84. The highest BCUT2D eigenvalue weighted by Crippen LogP contribution is 2.34. The molecule has 0 aliphatic rings.